The molecule has 0 aromatic rings. The van der Waals surface area contributed by atoms with Crippen LogP contribution in [0.3, 0.4) is 0 Å². The maximum absolute atomic E-state index is 10.4. The van der Waals surface area contributed by atoms with Crippen LogP contribution in [0, 0.1) is 10.8 Å². The molecule has 0 aromatic carbocycles. The Kier molecular flexibility index (Phi) is 3.84. The third-order valence-electron chi connectivity index (χ3n) is 5.65. The van der Waals surface area contributed by atoms with E-state index in [0.717, 1.165) is 25.7 Å². The molecule has 0 aliphatic heterocycles. The van der Waals surface area contributed by atoms with Crippen molar-refractivity contribution in [3.63, 3.8) is 0 Å². The van der Waals surface area contributed by atoms with Crippen LogP contribution in [0.1, 0.15) is 52.9 Å². The molecule has 2 fully saturated rings. The fraction of sp³-hybridized carbons (Fsp3) is 0.867. The lowest BCUT2D eigenvalue weighted by molar-refractivity contribution is -0.0471. The van der Waals surface area contributed by atoms with Gasteiger partial charge in [-0.1, -0.05) is 57.9 Å². The van der Waals surface area contributed by atoms with Crippen LogP contribution in [-0.4, -0.2) is 20.4 Å². The first kappa shape index (κ1) is 15.1. The maximum Gasteiger partial charge on any atom is 0.0744 e. The van der Waals surface area contributed by atoms with Crippen LogP contribution < -0.4 is 0 Å². The lowest BCUT2D eigenvalue weighted by Gasteiger charge is -2.59. The summed E-state index contributed by atoms with van der Waals surface area (Å²) in [5, 5.41) is 10.4. The summed E-state index contributed by atoms with van der Waals surface area (Å²) in [5.41, 5.74) is 1.17. The van der Waals surface area contributed by atoms with Crippen LogP contribution >= 0.6 is 31.9 Å². The molecule has 18 heavy (non-hydrogen) atoms. The first-order chi connectivity index (χ1) is 8.13. The Balaban J connectivity index is 2.37. The van der Waals surface area contributed by atoms with Gasteiger partial charge in [-0.3, -0.25) is 0 Å². The van der Waals surface area contributed by atoms with Crippen molar-refractivity contribution in [3.8, 4) is 0 Å². The molecule has 0 heterocycles. The summed E-state index contributed by atoms with van der Waals surface area (Å²) in [5.74, 6) is 0. The molecule has 3 heteroatoms. The number of hydrogen-bond donors (Lipinski definition) is 1. The molecular formula is C15H24Br2O. The summed E-state index contributed by atoms with van der Waals surface area (Å²) in [7, 11) is 0. The van der Waals surface area contributed by atoms with Crippen molar-refractivity contribution in [2.45, 2.75) is 68.1 Å². The zero-order chi connectivity index (χ0) is 13.8. The highest BCUT2D eigenvalue weighted by molar-refractivity contribution is 9.09. The molecule has 2 aliphatic rings. The summed E-state index contributed by atoms with van der Waals surface area (Å²) >= 11 is 7.59. The fourth-order valence-corrected chi connectivity index (χ4v) is 5.26. The second-order valence-electron chi connectivity index (χ2n) is 6.94. The molecule has 0 bridgehead atoms. The number of allylic oxidation sites excluding steroid dienone is 1. The summed E-state index contributed by atoms with van der Waals surface area (Å²) in [6.45, 7) is 11.0. The molecule has 0 radical (unpaired) electrons. The van der Waals surface area contributed by atoms with Crippen molar-refractivity contribution in [2.75, 3.05) is 0 Å². The molecule has 0 aromatic heterocycles. The molecule has 104 valence electrons. The molecule has 1 spiro atoms. The monoisotopic (exact) mass is 378 g/mol. The molecule has 2 rings (SSSR count). The minimum atomic E-state index is -0.582. The third kappa shape index (κ3) is 2.05. The van der Waals surface area contributed by atoms with Crippen molar-refractivity contribution in [1.29, 1.82) is 0 Å². The van der Waals surface area contributed by atoms with E-state index in [1.165, 1.54) is 12.0 Å². The van der Waals surface area contributed by atoms with E-state index in [1.54, 1.807) is 0 Å². The van der Waals surface area contributed by atoms with Gasteiger partial charge in [-0.15, -0.1) is 0 Å². The zero-order valence-electron chi connectivity index (χ0n) is 11.6. The number of alkyl halides is 2. The van der Waals surface area contributed by atoms with Crippen LogP contribution in [0.2, 0.25) is 0 Å². The van der Waals surface area contributed by atoms with Gasteiger partial charge in [-0.05, 0) is 49.9 Å². The lowest BCUT2D eigenvalue weighted by atomic mass is 9.49. The van der Waals surface area contributed by atoms with E-state index in [1.807, 2.05) is 6.92 Å². The van der Waals surface area contributed by atoms with Crippen LogP contribution in [0.25, 0.3) is 0 Å². The number of rotatable bonds is 0. The Morgan fingerprint density at radius 1 is 1.17 bits per heavy atom. The molecule has 0 saturated heterocycles. The number of aliphatic hydroxyl groups is 1. The van der Waals surface area contributed by atoms with Gasteiger partial charge in [-0.2, -0.15) is 0 Å². The quantitative estimate of drug-likeness (QED) is 0.472. The number of hydrogen-bond acceptors (Lipinski definition) is 1. The average molecular weight is 380 g/mol. The van der Waals surface area contributed by atoms with Gasteiger partial charge in [0.25, 0.3) is 0 Å². The topological polar surface area (TPSA) is 20.2 Å². The van der Waals surface area contributed by atoms with Gasteiger partial charge in [-0.25, -0.2) is 0 Å². The summed E-state index contributed by atoms with van der Waals surface area (Å²) in [6.07, 6.45) is 5.19. The molecule has 4 atom stereocenters. The predicted octanol–water partition coefficient (Wildman–Crippen LogP) is 4.81. The van der Waals surface area contributed by atoms with Crippen LogP contribution in [0.5, 0.6) is 0 Å². The largest absolute Gasteiger partial charge is 0.389 e. The highest BCUT2D eigenvalue weighted by Crippen LogP contribution is 2.63. The Morgan fingerprint density at radius 3 is 2.33 bits per heavy atom. The van der Waals surface area contributed by atoms with Crippen LogP contribution in [0.4, 0.5) is 0 Å². The molecule has 1 N–H and O–H groups in total. The van der Waals surface area contributed by atoms with Gasteiger partial charge >= 0.3 is 0 Å². The van der Waals surface area contributed by atoms with E-state index in [-0.39, 0.29) is 15.7 Å². The second-order valence-corrected chi connectivity index (χ2v) is 9.15. The Morgan fingerprint density at radius 2 is 1.78 bits per heavy atom. The molecule has 2 saturated carbocycles. The maximum atomic E-state index is 10.4. The third-order valence-corrected chi connectivity index (χ3v) is 8.57. The van der Waals surface area contributed by atoms with Gasteiger partial charge in [0, 0.05) is 9.65 Å². The van der Waals surface area contributed by atoms with Gasteiger partial charge in [0.2, 0.25) is 0 Å². The summed E-state index contributed by atoms with van der Waals surface area (Å²) < 4.78 is 0. The summed E-state index contributed by atoms with van der Waals surface area (Å²) in [4.78, 5) is 0.700. The molecule has 2 aliphatic carbocycles. The minimum Gasteiger partial charge on any atom is -0.389 e. The van der Waals surface area contributed by atoms with Gasteiger partial charge in [0.15, 0.2) is 0 Å². The Hall–Kier alpha value is 0.660. The Bertz CT molecular complexity index is 362. The van der Waals surface area contributed by atoms with Crippen LogP contribution in [-0.2, 0) is 0 Å². The number of halogens is 2. The van der Waals surface area contributed by atoms with Gasteiger partial charge < -0.3 is 5.11 Å². The molecular weight excluding hydrogens is 356 g/mol. The molecule has 4 unspecified atom stereocenters. The van der Waals surface area contributed by atoms with E-state index >= 15 is 0 Å². The van der Waals surface area contributed by atoms with Crippen molar-refractivity contribution >= 4 is 31.9 Å². The average Bonchev–Trinajstić information content (AvgIpc) is 2.27. The lowest BCUT2D eigenvalue weighted by Crippen LogP contribution is -2.55. The van der Waals surface area contributed by atoms with E-state index in [0.29, 0.717) is 4.83 Å². The van der Waals surface area contributed by atoms with Crippen molar-refractivity contribution in [1.82, 2.24) is 0 Å². The van der Waals surface area contributed by atoms with E-state index in [2.05, 4.69) is 52.3 Å². The fourth-order valence-electron chi connectivity index (χ4n) is 3.81. The minimum absolute atomic E-state index is 0.160. The standard InChI is InChI=1S/C15H24Br2O/c1-10-5-6-11(16)13(2,3)15(10)8-7-14(4,18)12(17)9-15/h11-12,18H,1,5-9H2,2-4H3. The van der Waals surface area contributed by atoms with E-state index < -0.39 is 5.60 Å². The van der Waals surface area contributed by atoms with Crippen molar-refractivity contribution in [3.05, 3.63) is 12.2 Å². The first-order valence-electron chi connectivity index (χ1n) is 6.82. The highest BCUT2D eigenvalue weighted by Gasteiger charge is 2.57. The predicted molar refractivity (Wildman–Crippen MR) is 84.5 cm³/mol. The van der Waals surface area contributed by atoms with Gasteiger partial charge in [0.05, 0.1) is 5.60 Å². The zero-order valence-corrected chi connectivity index (χ0v) is 14.8. The highest BCUT2D eigenvalue weighted by atomic mass is 79.9. The second kappa shape index (κ2) is 4.60. The molecule has 1 nitrogen and oxygen atoms in total. The normalized spacial score (nSPS) is 48.4. The SMILES string of the molecule is C=C1CCC(Br)C(C)(C)C12CCC(C)(O)C(Br)C2. The van der Waals surface area contributed by atoms with Crippen LogP contribution in [0.15, 0.2) is 12.2 Å². The van der Waals surface area contributed by atoms with Crippen molar-refractivity contribution in [2.24, 2.45) is 10.8 Å². The van der Waals surface area contributed by atoms with E-state index in [9.17, 15) is 5.11 Å². The smallest absolute Gasteiger partial charge is 0.0744 e. The Labute approximate surface area is 128 Å². The summed E-state index contributed by atoms with van der Waals surface area (Å²) in [6, 6.07) is 0. The van der Waals surface area contributed by atoms with Crippen molar-refractivity contribution < 1.29 is 5.11 Å². The first-order valence-corrected chi connectivity index (χ1v) is 8.65. The van der Waals surface area contributed by atoms with Gasteiger partial charge in [0.1, 0.15) is 0 Å². The van der Waals surface area contributed by atoms with E-state index in [4.69, 9.17) is 0 Å². The molecule has 0 amide bonds.